The largest absolute Gasteiger partial charge is 0.309 e. The number of alkyl halides is 1. The zero-order chi connectivity index (χ0) is 15.3. The lowest BCUT2D eigenvalue weighted by Gasteiger charge is -2.21. The van der Waals surface area contributed by atoms with E-state index in [9.17, 15) is 8.42 Å². The molecule has 0 saturated carbocycles. The number of hydrogen-bond donors (Lipinski definition) is 0. The fourth-order valence-electron chi connectivity index (χ4n) is 1.79. The molecule has 0 aliphatic heterocycles. The van der Waals surface area contributed by atoms with Crippen molar-refractivity contribution in [3.63, 3.8) is 0 Å². The average Bonchev–Trinajstić information content (AvgIpc) is 2.76. The lowest BCUT2D eigenvalue weighted by atomic mass is 10.4. The summed E-state index contributed by atoms with van der Waals surface area (Å²) in [6.07, 6.45) is 0.810. The van der Waals surface area contributed by atoms with Gasteiger partial charge in [0.15, 0.2) is 0 Å². The molecule has 0 N–H and O–H groups in total. The molecular formula is C12H20BrClN2O2S2. The van der Waals surface area contributed by atoms with Crippen LogP contribution in [0.1, 0.15) is 18.2 Å². The second kappa shape index (κ2) is 8.10. The zero-order valence-corrected chi connectivity index (χ0v) is 15.9. The SMILES string of the molecule is CCN(CCCN(C)C)S(=O)(=O)c1cc(CCl)sc1Br. The molecular weight excluding hydrogens is 384 g/mol. The third-order valence-corrected chi connectivity index (χ3v) is 7.49. The number of sulfonamides is 1. The van der Waals surface area contributed by atoms with Crippen molar-refractivity contribution >= 4 is 48.9 Å². The van der Waals surface area contributed by atoms with Gasteiger partial charge in [0.05, 0.1) is 9.67 Å². The Kier molecular flexibility index (Phi) is 7.45. The Labute approximate surface area is 138 Å². The van der Waals surface area contributed by atoms with E-state index >= 15 is 0 Å². The summed E-state index contributed by atoms with van der Waals surface area (Å²) >= 11 is 10.5. The fourth-order valence-corrected chi connectivity index (χ4v) is 6.00. The third-order valence-electron chi connectivity index (χ3n) is 2.82. The highest BCUT2D eigenvalue weighted by Crippen LogP contribution is 2.34. The Morgan fingerprint density at radius 1 is 1.35 bits per heavy atom. The first kappa shape index (κ1) is 18.4. The summed E-state index contributed by atoms with van der Waals surface area (Å²) in [5, 5.41) is 0. The monoisotopic (exact) mass is 402 g/mol. The van der Waals surface area contributed by atoms with Gasteiger partial charge in [0.1, 0.15) is 4.90 Å². The van der Waals surface area contributed by atoms with Crippen LogP contribution < -0.4 is 0 Å². The van der Waals surface area contributed by atoms with Crippen molar-refractivity contribution in [2.75, 3.05) is 33.7 Å². The molecule has 0 aliphatic carbocycles. The van der Waals surface area contributed by atoms with Gasteiger partial charge < -0.3 is 4.90 Å². The van der Waals surface area contributed by atoms with Gasteiger partial charge in [-0.25, -0.2) is 8.42 Å². The smallest absolute Gasteiger partial charge is 0.245 e. The Morgan fingerprint density at radius 2 is 2.00 bits per heavy atom. The summed E-state index contributed by atoms with van der Waals surface area (Å²) in [6, 6.07) is 1.66. The minimum absolute atomic E-state index is 0.324. The number of rotatable bonds is 8. The molecule has 0 fully saturated rings. The standard InChI is InChI=1S/C12H20BrClN2O2S2/c1-4-16(7-5-6-15(2)3)20(17,18)11-8-10(9-14)19-12(11)13/h8H,4-7,9H2,1-3H3. The van der Waals surface area contributed by atoms with Gasteiger partial charge in [0.2, 0.25) is 10.0 Å². The van der Waals surface area contributed by atoms with Crippen molar-refractivity contribution in [3.8, 4) is 0 Å². The molecule has 1 rings (SSSR count). The van der Waals surface area contributed by atoms with Gasteiger partial charge in [-0.3, -0.25) is 0 Å². The van der Waals surface area contributed by atoms with Crippen molar-refractivity contribution in [2.45, 2.75) is 24.1 Å². The van der Waals surface area contributed by atoms with Gasteiger partial charge in [0, 0.05) is 18.0 Å². The summed E-state index contributed by atoms with van der Waals surface area (Å²) in [5.74, 6) is 0.325. The van der Waals surface area contributed by atoms with Crippen molar-refractivity contribution < 1.29 is 8.42 Å². The van der Waals surface area contributed by atoms with E-state index in [0.717, 1.165) is 17.8 Å². The highest BCUT2D eigenvalue weighted by Gasteiger charge is 2.27. The summed E-state index contributed by atoms with van der Waals surface area (Å²) in [5.41, 5.74) is 0. The predicted octanol–water partition coefficient (Wildman–Crippen LogP) is 3.21. The predicted molar refractivity (Wildman–Crippen MR) is 89.2 cm³/mol. The number of halogens is 2. The van der Waals surface area contributed by atoms with Crippen LogP contribution in [0.5, 0.6) is 0 Å². The quantitative estimate of drug-likeness (QED) is 0.626. The van der Waals surface area contributed by atoms with Crippen molar-refractivity contribution in [3.05, 3.63) is 14.7 Å². The second-order valence-electron chi connectivity index (χ2n) is 4.64. The molecule has 4 nitrogen and oxygen atoms in total. The summed E-state index contributed by atoms with van der Waals surface area (Å²) in [4.78, 5) is 3.22. The highest BCUT2D eigenvalue weighted by molar-refractivity contribution is 9.11. The Morgan fingerprint density at radius 3 is 2.45 bits per heavy atom. The highest BCUT2D eigenvalue weighted by atomic mass is 79.9. The van der Waals surface area contributed by atoms with Gasteiger partial charge in [-0.15, -0.1) is 22.9 Å². The number of thiophene rings is 1. The zero-order valence-electron chi connectivity index (χ0n) is 11.9. The molecule has 0 spiro atoms. The van der Waals surface area contributed by atoms with Crippen LogP contribution in [-0.4, -0.2) is 51.4 Å². The first-order valence-electron chi connectivity index (χ1n) is 6.32. The molecule has 8 heteroatoms. The van der Waals surface area contributed by atoms with E-state index in [4.69, 9.17) is 11.6 Å². The molecule has 0 amide bonds. The fraction of sp³-hybridized carbons (Fsp3) is 0.667. The topological polar surface area (TPSA) is 40.6 Å². The average molecular weight is 404 g/mol. The van der Waals surface area contributed by atoms with Gasteiger partial charge >= 0.3 is 0 Å². The molecule has 0 unspecified atom stereocenters. The van der Waals surface area contributed by atoms with Crippen LogP contribution in [0, 0.1) is 0 Å². The van der Waals surface area contributed by atoms with Gasteiger partial charge in [0.25, 0.3) is 0 Å². The molecule has 1 aromatic heterocycles. The van der Waals surface area contributed by atoms with Crippen molar-refractivity contribution in [2.24, 2.45) is 0 Å². The van der Waals surface area contributed by atoms with Crippen LogP contribution in [0.2, 0.25) is 0 Å². The molecule has 0 saturated heterocycles. The Hall–Kier alpha value is 0.340. The molecule has 0 radical (unpaired) electrons. The van der Waals surface area contributed by atoms with Crippen molar-refractivity contribution in [1.29, 1.82) is 0 Å². The van der Waals surface area contributed by atoms with Crippen LogP contribution in [-0.2, 0) is 15.9 Å². The van der Waals surface area contributed by atoms with Crippen LogP contribution in [0.4, 0.5) is 0 Å². The minimum atomic E-state index is -3.45. The molecule has 0 bridgehead atoms. The molecule has 0 aliphatic rings. The third kappa shape index (κ3) is 4.68. The van der Waals surface area contributed by atoms with Crippen LogP contribution in [0.3, 0.4) is 0 Å². The van der Waals surface area contributed by atoms with Crippen LogP contribution in [0.25, 0.3) is 0 Å². The van der Waals surface area contributed by atoms with E-state index in [1.165, 1.54) is 15.6 Å². The maximum Gasteiger partial charge on any atom is 0.245 e. The lowest BCUT2D eigenvalue weighted by Crippen LogP contribution is -2.33. The van der Waals surface area contributed by atoms with E-state index in [2.05, 4.69) is 15.9 Å². The first-order chi connectivity index (χ1) is 9.32. The van der Waals surface area contributed by atoms with Crippen LogP contribution in [0.15, 0.2) is 14.7 Å². The molecule has 1 aromatic rings. The van der Waals surface area contributed by atoms with Gasteiger partial charge in [-0.2, -0.15) is 4.31 Å². The summed E-state index contributed by atoms with van der Waals surface area (Å²) < 4.78 is 27.4. The van der Waals surface area contributed by atoms with E-state index in [-0.39, 0.29) is 0 Å². The first-order valence-corrected chi connectivity index (χ1v) is 9.90. The summed E-state index contributed by atoms with van der Waals surface area (Å²) in [7, 11) is 0.509. The second-order valence-corrected chi connectivity index (χ2v) is 9.27. The minimum Gasteiger partial charge on any atom is -0.309 e. The van der Waals surface area contributed by atoms with E-state index in [1.54, 1.807) is 6.07 Å². The van der Waals surface area contributed by atoms with Gasteiger partial charge in [-0.1, -0.05) is 6.92 Å². The lowest BCUT2D eigenvalue weighted by molar-refractivity contribution is 0.356. The Balaban J connectivity index is 2.90. The Bertz CT molecular complexity index is 532. The molecule has 0 atom stereocenters. The summed E-state index contributed by atoms with van der Waals surface area (Å²) in [6.45, 7) is 3.71. The molecule has 0 aromatic carbocycles. The van der Waals surface area contributed by atoms with E-state index in [1.807, 2.05) is 25.9 Å². The van der Waals surface area contributed by atoms with Gasteiger partial charge in [-0.05, 0) is 49.1 Å². The molecule has 116 valence electrons. The van der Waals surface area contributed by atoms with E-state index in [0.29, 0.717) is 27.7 Å². The van der Waals surface area contributed by atoms with Crippen LogP contribution >= 0.6 is 38.9 Å². The van der Waals surface area contributed by atoms with E-state index < -0.39 is 10.0 Å². The molecule has 1 heterocycles. The van der Waals surface area contributed by atoms with Crippen molar-refractivity contribution in [1.82, 2.24) is 9.21 Å². The molecule has 20 heavy (non-hydrogen) atoms. The number of nitrogens with zero attached hydrogens (tertiary/aromatic N) is 2. The number of hydrogen-bond acceptors (Lipinski definition) is 4. The maximum atomic E-state index is 12.6. The maximum absolute atomic E-state index is 12.6. The normalized spacial score (nSPS) is 12.6.